The van der Waals surface area contributed by atoms with Gasteiger partial charge < -0.3 is 5.32 Å². The number of nitrogens with zero attached hydrogens (tertiary/aromatic N) is 3. The molecule has 3 rings (SSSR count). The van der Waals surface area contributed by atoms with Crippen LogP contribution in [0.3, 0.4) is 0 Å². The van der Waals surface area contributed by atoms with Crippen LogP contribution in [0.5, 0.6) is 0 Å². The van der Waals surface area contributed by atoms with Crippen molar-refractivity contribution in [1.82, 2.24) is 20.6 Å². The van der Waals surface area contributed by atoms with Gasteiger partial charge in [-0.25, -0.2) is 0 Å². The number of alkyl halides is 6. The van der Waals surface area contributed by atoms with Gasteiger partial charge in [-0.2, -0.15) is 31.6 Å². The van der Waals surface area contributed by atoms with Crippen molar-refractivity contribution in [3.8, 4) is 11.4 Å². The van der Waals surface area contributed by atoms with E-state index in [9.17, 15) is 31.1 Å². The molecule has 2 aromatic carbocycles. The van der Waals surface area contributed by atoms with E-state index in [1.807, 2.05) is 0 Å². The summed E-state index contributed by atoms with van der Waals surface area (Å²) in [5.41, 5.74) is -3.05. The Morgan fingerprint density at radius 3 is 2.17 bits per heavy atom. The fourth-order valence-corrected chi connectivity index (χ4v) is 2.76. The first-order valence-corrected chi connectivity index (χ1v) is 8.43. The molecule has 1 amide bonds. The SMILES string of the molecule is O=C(Cc1cc(C(F)(F)F)cc(C(F)(F)F)c1)Nc1ccc(Cl)cc1-c1nn[nH]n1. The number of aromatic amines is 1. The van der Waals surface area contributed by atoms with Crippen molar-refractivity contribution in [1.29, 1.82) is 0 Å². The van der Waals surface area contributed by atoms with Gasteiger partial charge in [-0.3, -0.25) is 4.79 Å². The number of rotatable bonds is 4. The Balaban J connectivity index is 1.89. The topological polar surface area (TPSA) is 83.6 Å². The van der Waals surface area contributed by atoms with Gasteiger partial charge in [0.25, 0.3) is 0 Å². The van der Waals surface area contributed by atoms with Crippen molar-refractivity contribution in [3.05, 3.63) is 58.1 Å². The quantitative estimate of drug-likeness (QED) is 0.564. The zero-order chi connectivity index (χ0) is 22.1. The molecule has 2 N–H and O–H groups in total. The molecule has 0 spiro atoms. The number of carbonyl (C=O) groups is 1. The number of amides is 1. The van der Waals surface area contributed by atoms with Crippen molar-refractivity contribution < 1.29 is 31.1 Å². The van der Waals surface area contributed by atoms with Crippen LogP contribution in [0.25, 0.3) is 11.4 Å². The van der Waals surface area contributed by atoms with Crippen LogP contribution >= 0.6 is 11.6 Å². The predicted octanol–water partition coefficient (Wildman–Crippen LogP) is 4.74. The molecule has 30 heavy (non-hydrogen) atoms. The van der Waals surface area contributed by atoms with Crippen LogP contribution < -0.4 is 5.32 Å². The predicted molar refractivity (Wildman–Crippen MR) is 93.4 cm³/mol. The highest BCUT2D eigenvalue weighted by molar-refractivity contribution is 6.31. The number of H-pyrrole nitrogens is 1. The number of halogens is 7. The van der Waals surface area contributed by atoms with E-state index in [0.717, 1.165) is 0 Å². The zero-order valence-electron chi connectivity index (χ0n) is 14.6. The smallest absolute Gasteiger partial charge is 0.325 e. The third kappa shape index (κ3) is 5.06. The Kier molecular flexibility index (Phi) is 5.70. The van der Waals surface area contributed by atoms with E-state index in [2.05, 4.69) is 25.9 Å². The average molecular weight is 450 g/mol. The number of carbonyl (C=O) groups excluding carboxylic acids is 1. The van der Waals surface area contributed by atoms with E-state index in [4.69, 9.17) is 11.6 Å². The number of nitrogens with one attached hydrogen (secondary N) is 2. The van der Waals surface area contributed by atoms with E-state index in [0.29, 0.717) is 12.1 Å². The molecule has 0 aliphatic heterocycles. The number of tetrazole rings is 1. The molecule has 0 radical (unpaired) electrons. The summed E-state index contributed by atoms with van der Waals surface area (Å²) in [6.07, 6.45) is -10.7. The molecule has 3 aromatic rings. The van der Waals surface area contributed by atoms with Crippen LogP contribution in [0, 0.1) is 0 Å². The fraction of sp³-hybridized carbons (Fsp3) is 0.176. The molecular formula is C17H10ClF6N5O. The highest BCUT2D eigenvalue weighted by atomic mass is 35.5. The van der Waals surface area contributed by atoms with Crippen LogP contribution in [0.15, 0.2) is 36.4 Å². The molecule has 0 aliphatic rings. The maximum Gasteiger partial charge on any atom is 0.416 e. The lowest BCUT2D eigenvalue weighted by atomic mass is 10.0. The molecule has 158 valence electrons. The molecule has 0 fully saturated rings. The number of aromatic nitrogens is 4. The summed E-state index contributed by atoms with van der Waals surface area (Å²) in [7, 11) is 0. The Bertz CT molecular complexity index is 1030. The fourth-order valence-electron chi connectivity index (χ4n) is 2.59. The second-order valence-corrected chi connectivity index (χ2v) is 6.50. The van der Waals surface area contributed by atoms with Gasteiger partial charge in [0.05, 0.1) is 23.2 Å². The van der Waals surface area contributed by atoms with Gasteiger partial charge in [-0.15, -0.1) is 10.2 Å². The van der Waals surface area contributed by atoms with Gasteiger partial charge in [-0.1, -0.05) is 11.6 Å². The van der Waals surface area contributed by atoms with Crippen LogP contribution in [0.1, 0.15) is 16.7 Å². The van der Waals surface area contributed by atoms with Gasteiger partial charge in [-0.05, 0) is 47.2 Å². The summed E-state index contributed by atoms with van der Waals surface area (Å²) < 4.78 is 77.8. The molecule has 0 saturated carbocycles. The first kappa shape index (κ1) is 21.6. The average Bonchev–Trinajstić information content (AvgIpc) is 3.16. The minimum Gasteiger partial charge on any atom is -0.325 e. The molecule has 13 heteroatoms. The summed E-state index contributed by atoms with van der Waals surface area (Å²) in [5, 5.41) is 15.8. The molecule has 0 bridgehead atoms. The molecule has 1 heterocycles. The molecule has 6 nitrogen and oxygen atoms in total. The number of anilines is 1. The highest BCUT2D eigenvalue weighted by Crippen LogP contribution is 2.36. The Morgan fingerprint density at radius 1 is 1.00 bits per heavy atom. The van der Waals surface area contributed by atoms with E-state index < -0.39 is 41.4 Å². The molecule has 0 atom stereocenters. The maximum atomic E-state index is 13.0. The molecule has 0 saturated heterocycles. The van der Waals surface area contributed by atoms with Crippen molar-refractivity contribution >= 4 is 23.2 Å². The van der Waals surface area contributed by atoms with E-state index in [-0.39, 0.29) is 28.2 Å². The van der Waals surface area contributed by atoms with Crippen molar-refractivity contribution in [2.45, 2.75) is 18.8 Å². The summed E-state index contributed by atoms with van der Waals surface area (Å²) in [6.45, 7) is 0. The lowest BCUT2D eigenvalue weighted by Crippen LogP contribution is -2.17. The second-order valence-electron chi connectivity index (χ2n) is 6.06. The monoisotopic (exact) mass is 449 g/mol. The molecular weight excluding hydrogens is 440 g/mol. The number of hydrogen-bond donors (Lipinski definition) is 2. The summed E-state index contributed by atoms with van der Waals surface area (Å²) in [4.78, 5) is 12.3. The zero-order valence-corrected chi connectivity index (χ0v) is 15.3. The second kappa shape index (κ2) is 7.94. The van der Waals surface area contributed by atoms with Crippen LogP contribution in [-0.2, 0) is 23.6 Å². The van der Waals surface area contributed by atoms with Gasteiger partial charge in [0.2, 0.25) is 11.7 Å². The minimum absolute atomic E-state index is 0.00501. The maximum absolute atomic E-state index is 13.0. The standard InChI is InChI=1S/C17H10ClF6N5O/c18-11-1-2-13(12(7-11)15-26-28-29-27-15)25-14(30)5-8-3-9(16(19,20)21)6-10(4-8)17(22,23)24/h1-4,6-7H,5H2,(H,25,30)(H,26,27,28,29). The third-order valence-electron chi connectivity index (χ3n) is 3.85. The summed E-state index contributed by atoms with van der Waals surface area (Å²) in [6, 6.07) is 5.21. The van der Waals surface area contributed by atoms with E-state index in [1.165, 1.54) is 18.2 Å². The van der Waals surface area contributed by atoms with Crippen LogP contribution in [-0.4, -0.2) is 26.5 Å². The van der Waals surface area contributed by atoms with E-state index in [1.54, 1.807) is 0 Å². The van der Waals surface area contributed by atoms with Crippen LogP contribution in [0.2, 0.25) is 5.02 Å². The normalized spacial score (nSPS) is 12.1. The molecule has 0 aliphatic carbocycles. The Hall–Kier alpha value is -3.15. The number of hydrogen-bond acceptors (Lipinski definition) is 4. The third-order valence-corrected chi connectivity index (χ3v) is 4.09. The highest BCUT2D eigenvalue weighted by Gasteiger charge is 2.37. The van der Waals surface area contributed by atoms with Gasteiger partial charge in [0, 0.05) is 10.6 Å². The van der Waals surface area contributed by atoms with E-state index >= 15 is 0 Å². The van der Waals surface area contributed by atoms with Crippen molar-refractivity contribution in [2.24, 2.45) is 0 Å². The first-order chi connectivity index (χ1) is 13.9. The van der Waals surface area contributed by atoms with Gasteiger partial charge >= 0.3 is 12.4 Å². The number of benzene rings is 2. The summed E-state index contributed by atoms with van der Waals surface area (Å²) in [5.74, 6) is -0.777. The lowest BCUT2D eigenvalue weighted by Gasteiger charge is -2.14. The molecule has 1 aromatic heterocycles. The summed E-state index contributed by atoms with van der Waals surface area (Å²) >= 11 is 5.91. The van der Waals surface area contributed by atoms with Crippen molar-refractivity contribution in [2.75, 3.05) is 5.32 Å². The first-order valence-electron chi connectivity index (χ1n) is 8.05. The van der Waals surface area contributed by atoms with Crippen LogP contribution in [0.4, 0.5) is 32.0 Å². The van der Waals surface area contributed by atoms with Gasteiger partial charge in [0.15, 0.2) is 0 Å². The lowest BCUT2D eigenvalue weighted by molar-refractivity contribution is -0.143. The minimum atomic E-state index is -5.01. The van der Waals surface area contributed by atoms with Crippen molar-refractivity contribution in [3.63, 3.8) is 0 Å². The Labute approximate surface area is 169 Å². The largest absolute Gasteiger partial charge is 0.416 e. The van der Waals surface area contributed by atoms with Gasteiger partial charge in [0.1, 0.15) is 0 Å². The molecule has 0 unspecified atom stereocenters. The Morgan fingerprint density at radius 2 is 1.63 bits per heavy atom.